The predicted molar refractivity (Wildman–Crippen MR) is 159 cm³/mol. The molecule has 3 aromatic rings. The van der Waals surface area contributed by atoms with Crippen LogP contribution in [-0.2, 0) is 32.2 Å². The normalized spacial score (nSPS) is 16.1. The van der Waals surface area contributed by atoms with Gasteiger partial charge >= 0.3 is 11.9 Å². The second-order valence-corrected chi connectivity index (χ2v) is 10.3. The van der Waals surface area contributed by atoms with Gasteiger partial charge in [-0.3, -0.25) is 19.4 Å². The number of para-hydroxylation sites is 2. The number of benzene rings is 2. The maximum Gasteiger partial charge on any atom is 0.328 e. The van der Waals surface area contributed by atoms with E-state index in [-0.39, 0.29) is 11.7 Å². The van der Waals surface area contributed by atoms with Crippen LogP contribution in [0.1, 0.15) is 22.6 Å². The highest BCUT2D eigenvalue weighted by atomic mass is 16.5. The molecule has 0 unspecified atom stereocenters. The Morgan fingerprint density at radius 3 is 2.05 bits per heavy atom. The largest absolute Gasteiger partial charge is 0.478 e. The van der Waals surface area contributed by atoms with Gasteiger partial charge in [0.05, 0.1) is 37.3 Å². The summed E-state index contributed by atoms with van der Waals surface area (Å²) in [5, 5.41) is 15.6. The van der Waals surface area contributed by atoms with Crippen molar-refractivity contribution in [2.24, 2.45) is 0 Å². The number of aryl methyl sites for hydroxylation is 1. The minimum Gasteiger partial charge on any atom is -0.478 e. The number of hydrogen-bond acceptors (Lipinski definition) is 8. The number of carboxylic acids is 2. The monoisotopic (exact) mass is 591 g/mol. The van der Waals surface area contributed by atoms with Gasteiger partial charge in [-0.1, -0.05) is 42.5 Å². The highest BCUT2D eigenvalue weighted by Gasteiger charge is 2.24. The fourth-order valence-corrected chi connectivity index (χ4v) is 5.03. The van der Waals surface area contributed by atoms with Crippen LogP contribution in [0.4, 0.5) is 0 Å². The molecule has 43 heavy (non-hydrogen) atoms. The minimum atomic E-state index is -1.26. The lowest BCUT2D eigenvalue weighted by atomic mass is 10.1. The van der Waals surface area contributed by atoms with Crippen LogP contribution in [0.3, 0.4) is 0 Å². The van der Waals surface area contributed by atoms with Crippen LogP contribution in [0.2, 0.25) is 0 Å². The summed E-state index contributed by atoms with van der Waals surface area (Å²) in [5.41, 5.74) is 2.78. The Labute approximate surface area is 249 Å². The van der Waals surface area contributed by atoms with Crippen LogP contribution in [0.15, 0.2) is 66.7 Å². The van der Waals surface area contributed by atoms with Crippen molar-refractivity contribution < 1.29 is 34.1 Å². The van der Waals surface area contributed by atoms with E-state index < -0.39 is 11.9 Å². The molecule has 2 aliphatic rings. The van der Waals surface area contributed by atoms with Gasteiger partial charge in [-0.05, 0) is 12.1 Å². The maximum absolute atomic E-state index is 12.7. The summed E-state index contributed by atoms with van der Waals surface area (Å²) >= 11 is 0. The van der Waals surface area contributed by atoms with E-state index in [1.165, 1.54) is 0 Å². The van der Waals surface area contributed by atoms with Crippen LogP contribution >= 0.6 is 0 Å². The Morgan fingerprint density at radius 2 is 1.40 bits per heavy atom. The van der Waals surface area contributed by atoms with Gasteiger partial charge < -0.3 is 24.4 Å². The second kappa shape index (κ2) is 15.7. The van der Waals surface area contributed by atoms with Gasteiger partial charge in [-0.15, -0.1) is 0 Å². The molecule has 12 heteroatoms. The molecule has 0 saturated carbocycles. The number of hydrogen-bond donors (Lipinski definition) is 2. The number of ether oxygens (including phenoxy) is 1. The van der Waals surface area contributed by atoms with Crippen LogP contribution in [0, 0.1) is 0 Å². The molecule has 1 amide bonds. The summed E-state index contributed by atoms with van der Waals surface area (Å²) in [6, 6.07) is 17.6. The number of piperazine rings is 1. The third-order valence-electron chi connectivity index (χ3n) is 7.31. The van der Waals surface area contributed by atoms with Crippen molar-refractivity contribution >= 4 is 34.7 Å². The fraction of sp³-hybridized carbons (Fsp3) is 0.387. The Morgan fingerprint density at radius 1 is 0.791 bits per heavy atom. The first-order valence-electron chi connectivity index (χ1n) is 14.3. The molecule has 2 N–H and O–H groups in total. The lowest BCUT2D eigenvalue weighted by molar-refractivity contribution is -0.137. The molecule has 2 fully saturated rings. The number of Topliss-reactive ketones (excluding diaryl/α,β-unsaturated/α-hetero) is 1. The van der Waals surface area contributed by atoms with Gasteiger partial charge in [0.25, 0.3) is 0 Å². The average molecular weight is 592 g/mol. The van der Waals surface area contributed by atoms with E-state index in [9.17, 15) is 19.2 Å². The molecule has 1 aromatic heterocycles. The predicted octanol–water partition coefficient (Wildman–Crippen LogP) is 2.00. The number of imidazole rings is 1. The van der Waals surface area contributed by atoms with Crippen molar-refractivity contribution in [1.82, 2.24) is 24.3 Å². The third kappa shape index (κ3) is 9.57. The number of carbonyl (C=O) groups is 4. The number of fused-ring (bicyclic) bond motifs is 1. The summed E-state index contributed by atoms with van der Waals surface area (Å²) < 4.78 is 7.55. The summed E-state index contributed by atoms with van der Waals surface area (Å²) in [4.78, 5) is 55.9. The minimum absolute atomic E-state index is 0.146. The van der Waals surface area contributed by atoms with Gasteiger partial charge in [0.2, 0.25) is 5.91 Å². The number of ketones is 1. The Balaban J connectivity index is 0.000000467. The molecule has 2 aliphatic heterocycles. The summed E-state index contributed by atoms with van der Waals surface area (Å²) in [6.07, 6.45) is 1.56. The molecule has 0 aliphatic carbocycles. The molecule has 0 radical (unpaired) electrons. The van der Waals surface area contributed by atoms with Gasteiger partial charge in [0.1, 0.15) is 5.82 Å². The van der Waals surface area contributed by atoms with Gasteiger partial charge in [-0.2, -0.15) is 0 Å². The fourth-order valence-electron chi connectivity index (χ4n) is 5.03. The molecule has 0 spiro atoms. The highest BCUT2D eigenvalue weighted by Crippen LogP contribution is 2.19. The van der Waals surface area contributed by atoms with Crippen molar-refractivity contribution in [3.8, 4) is 0 Å². The molecule has 0 bridgehead atoms. The molecule has 228 valence electrons. The van der Waals surface area contributed by atoms with E-state index in [2.05, 4.69) is 20.4 Å². The zero-order chi connectivity index (χ0) is 30.6. The van der Waals surface area contributed by atoms with Crippen LogP contribution < -0.4 is 0 Å². The zero-order valence-electron chi connectivity index (χ0n) is 24.0. The van der Waals surface area contributed by atoms with E-state index in [1.54, 1.807) is 0 Å². The molecule has 5 rings (SSSR count). The number of amides is 1. The number of morpholine rings is 1. The Hall–Kier alpha value is -4.39. The quantitative estimate of drug-likeness (QED) is 0.265. The van der Waals surface area contributed by atoms with Gasteiger partial charge in [-0.25, -0.2) is 14.6 Å². The SMILES string of the molecule is O=C(CCn1c(CN2CCN(CC(=O)N3CCOCC3)CC2)nc2ccccc21)c1ccccc1.O=C(O)C=CC(=O)O. The first-order chi connectivity index (χ1) is 20.8. The molecule has 12 nitrogen and oxygen atoms in total. The smallest absolute Gasteiger partial charge is 0.328 e. The molecule has 2 aromatic carbocycles. The topological polar surface area (TPSA) is 146 Å². The molecular formula is C31H37N5O7. The molecular weight excluding hydrogens is 554 g/mol. The zero-order valence-corrected chi connectivity index (χ0v) is 24.0. The number of carboxylic acid groups (broad SMARTS) is 2. The van der Waals surface area contributed by atoms with E-state index in [4.69, 9.17) is 19.9 Å². The number of nitrogens with zero attached hydrogens (tertiary/aromatic N) is 5. The lowest BCUT2D eigenvalue weighted by Gasteiger charge is -2.35. The average Bonchev–Trinajstić information content (AvgIpc) is 3.37. The number of aliphatic carboxylic acids is 2. The third-order valence-corrected chi connectivity index (χ3v) is 7.31. The standard InChI is InChI=1S/C27H33N5O3.C4H4O4/c33-25(22-6-2-1-3-7-22)10-11-32-24-9-5-4-8-23(24)28-26(32)20-29-12-14-30(15-13-29)21-27(34)31-16-18-35-19-17-31;5-3(6)1-2-4(7)8/h1-9H,10-21H2;1-2H,(H,5,6)(H,7,8). The first-order valence-corrected chi connectivity index (χ1v) is 14.3. The highest BCUT2D eigenvalue weighted by molar-refractivity contribution is 5.96. The lowest BCUT2D eigenvalue weighted by Crippen LogP contribution is -2.51. The number of carbonyl (C=O) groups excluding carboxylic acids is 2. The number of rotatable bonds is 10. The summed E-state index contributed by atoms with van der Waals surface area (Å²) in [6.45, 7) is 8.00. The van der Waals surface area contributed by atoms with Gasteiger partial charge in [0, 0.05) is 69.9 Å². The van der Waals surface area contributed by atoms with Crippen molar-refractivity contribution in [3.63, 3.8) is 0 Å². The second-order valence-electron chi connectivity index (χ2n) is 10.3. The van der Waals surface area contributed by atoms with Crippen molar-refractivity contribution in [1.29, 1.82) is 0 Å². The Kier molecular flexibility index (Phi) is 11.5. The number of aromatic nitrogens is 2. The first kappa shape index (κ1) is 31.5. The van der Waals surface area contributed by atoms with Crippen LogP contribution in [0.5, 0.6) is 0 Å². The van der Waals surface area contributed by atoms with Crippen molar-refractivity contribution in [2.75, 3.05) is 59.0 Å². The van der Waals surface area contributed by atoms with E-state index in [1.807, 2.05) is 53.4 Å². The van der Waals surface area contributed by atoms with Crippen molar-refractivity contribution in [3.05, 3.63) is 78.1 Å². The summed E-state index contributed by atoms with van der Waals surface area (Å²) in [5.74, 6) is -1.18. The van der Waals surface area contributed by atoms with Crippen LogP contribution in [0.25, 0.3) is 11.0 Å². The molecule has 0 atom stereocenters. The van der Waals surface area contributed by atoms with E-state index >= 15 is 0 Å². The van der Waals surface area contributed by atoms with Crippen LogP contribution in [-0.4, -0.2) is 117 Å². The van der Waals surface area contributed by atoms with Crippen molar-refractivity contribution in [2.45, 2.75) is 19.5 Å². The molecule has 2 saturated heterocycles. The van der Waals surface area contributed by atoms with E-state index in [0.717, 1.165) is 55.1 Å². The Bertz CT molecular complexity index is 1410. The molecule has 3 heterocycles. The van der Waals surface area contributed by atoms with E-state index in [0.29, 0.717) is 58.0 Å². The summed E-state index contributed by atoms with van der Waals surface area (Å²) in [7, 11) is 0. The van der Waals surface area contributed by atoms with Gasteiger partial charge in [0.15, 0.2) is 5.78 Å². The maximum atomic E-state index is 12.7.